The molecule has 0 spiro atoms. The van der Waals surface area contributed by atoms with Crippen molar-refractivity contribution in [2.75, 3.05) is 6.61 Å². The number of aliphatic hydroxyl groups is 2. The van der Waals surface area contributed by atoms with Gasteiger partial charge in [-0.3, -0.25) is 5.26 Å². The van der Waals surface area contributed by atoms with Crippen molar-refractivity contribution in [3.8, 4) is 0 Å². The molecule has 11 heavy (non-hydrogen) atoms. The molecule has 0 radical (unpaired) electrons. The Morgan fingerprint density at radius 1 is 1.55 bits per heavy atom. The standard InChI is InChI=1S/C5H10F2O4/c1-5(6,7)4(9)3(2-8)11-10/h3-4,8-10H,2H2,1H3/t3-,4?/m1/s1. The number of hydrogen-bond donors (Lipinski definition) is 3. The fourth-order valence-electron chi connectivity index (χ4n) is 0.517. The molecule has 0 aliphatic rings. The summed E-state index contributed by atoms with van der Waals surface area (Å²) in [4.78, 5) is 3.41. The molecular formula is C5H10F2O4. The fourth-order valence-corrected chi connectivity index (χ4v) is 0.517. The zero-order valence-corrected chi connectivity index (χ0v) is 5.87. The molecule has 0 amide bonds. The lowest BCUT2D eigenvalue weighted by molar-refractivity contribution is -0.319. The number of halogens is 2. The van der Waals surface area contributed by atoms with Crippen LogP contribution in [0.15, 0.2) is 0 Å². The number of rotatable bonds is 4. The molecule has 0 fully saturated rings. The van der Waals surface area contributed by atoms with Gasteiger partial charge in [0.2, 0.25) is 0 Å². The van der Waals surface area contributed by atoms with Gasteiger partial charge < -0.3 is 10.2 Å². The monoisotopic (exact) mass is 172 g/mol. The van der Waals surface area contributed by atoms with Crippen molar-refractivity contribution in [2.24, 2.45) is 0 Å². The van der Waals surface area contributed by atoms with E-state index in [1.54, 1.807) is 0 Å². The number of alkyl halides is 2. The molecule has 0 aromatic carbocycles. The summed E-state index contributed by atoms with van der Waals surface area (Å²) >= 11 is 0. The highest BCUT2D eigenvalue weighted by Gasteiger charge is 2.39. The first kappa shape index (κ1) is 10.7. The van der Waals surface area contributed by atoms with E-state index >= 15 is 0 Å². The minimum Gasteiger partial charge on any atom is -0.393 e. The highest BCUT2D eigenvalue weighted by molar-refractivity contribution is 4.78. The van der Waals surface area contributed by atoms with Crippen LogP contribution in [0.25, 0.3) is 0 Å². The zero-order valence-electron chi connectivity index (χ0n) is 5.87. The van der Waals surface area contributed by atoms with Crippen LogP contribution in [0.2, 0.25) is 0 Å². The first-order chi connectivity index (χ1) is 4.93. The first-order valence-corrected chi connectivity index (χ1v) is 2.90. The van der Waals surface area contributed by atoms with E-state index in [1.807, 2.05) is 0 Å². The molecule has 0 aliphatic heterocycles. The summed E-state index contributed by atoms with van der Waals surface area (Å²) in [6.45, 7) is -0.416. The minimum absolute atomic E-state index is 0.458. The van der Waals surface area contributed by atoms with Crippen LogP contribution in [0, 0.1) is 0 Å². The van der Waals surface area contributed by atoms with Crippen molar-refractivity contribution in [3.63, 3.8) is 0 Å². The largest absolute Gasteiger partial charge is 0.393 e. The summed E-state index contributed by atoms with van der Waals surface area (Å²) < 4.78 is 24.4. The van der Waals surface area contributed by atoms with Crippen molar-refractivity contribution >= 4 is 0 Å². The van der Waals surface area contributed by atoms with Gasteiger partial charge in [0.15, 0.2) is 0 Å². The minimum atomic E-state index is -3.41. The summed E-state index contributed by atoms with van der Waals surface area (Å²) in [6, 6.07) is 0. The zero-order chi connectivity index (χ0) is 9.07. The first-order valence-electron chi connectivity index (χ1n) is 2.90. The van der Waals surface area contributed by atoms with Gasteiger partial charge in [0, 0.05) is 6.92 Å². The quantitative estimate of drug-likeness (QED) is 0.407. The number of hydrogen-bond acceptors (Lipinski definition) is 4. The molecular weight excluding hydrogens is 162 g/mol. The van der Waals surface area contributed by atoms with Crippen LogP contribution in [-0.4, -0.2) is 40.2 Å². The highest BCUT2D eigenvalue weighted by atomic mass is 19.3. The molecule has 0 rings (SSSR count). The summed E-state index contributed by atoms with van der Waals surface area (Å²) in [5.74, 6) is -3.41. The third kappa shape index (κ3) is 3.06. The van der Waals surface area contributed by atoms with Crippen LogP contribution in [-0.2, 0) is 4.89 Å². The van der Waals surface area contributed by atoms with Gasteiger partial charge in [0.1, 0.15) is 12.2 Å². The van der Waals surface area contributed by atoms with Crippen LogP contribution in [0.5, 0.6) is 0 Å². The molecule has 2 atom stereocenters. The molecule has 0 saturated heterocycles. The Bertz CT molecular complexity index is 110. The Kier molecular flexibility index (Phi) is 3.81. The van der Waals surface area contributed by atoms with E-state index in [0.29, 0.717) is 6.92 Å². The summed E-state index contributed by atoms with van der Waals surface area (Å²) in [6.07, 6.45) is -3.88. The molecule has 1 unspecified atom stereocenters. The lowest BCUT2D eigenvalue weighted by Gasteiger charge is -2.22. The topological polar surface area (TPSA) is 69.9 Å². The van der Waals surface area contributed by atoms with Crippen LogP contribution < -0.4 is 0 Å². The molecule has 3 N–H and O–H groups in total. The highest BCUT2D eigenvalue weighted by Crippen LogP contribution is 2.20. The molecule has 0 heterocycles. The Morgan fingerprint density at radius 3 is 2.09 bits per heavy atom. The van der Waals surface area contributed by atoms with E-state index in [-0.39, 0.29) is 0 Å². The van der Waals surface area contributed by atoms with Gasteiger partial charge in [0.05, 0.1) is 6.61 Å². The average Bonchev–Trinajstić information content (AvgIpc) is 1.88. The van der Waals surface area contributed by atoms with Gasteiger partial charge in [-0.1, -0.05) is 0 Å². The molecule has 0 aromatic heterocycles. The molecule has 0 aromatic rings. The third-order valence-electron chi connectivity index (χ3n) is 1.19. The molecule has 4 nitrogen and oxygen atoms in total. The van der Waals surface area contributed by atoms with Crippen molar-refractivity contribution in [1.82, 2.24) is 0 Å². The Morgan fingerprint density at radius 2 is 2.00 bits per heavy atom. The van der Waals surface area contributed by atoms with Crippen LogP contribution in [0.3, 0.4) is 0 Å². The van der Waals surface area contributed by atoms with Gasteiger partial charge >= 0.3 is 0 Å². The fraction of sp³-hybridized carbons (Fsp3) is 1.00. The second-order valence-corrected chi connectivity index (χ2v) is 2.23. The van der Waals surface area contributed by atoms with E-state index in [0.717, 1.165) is 0 Å². The van der Waals surface area contributed by atoms with Gasteiger partial charge in [-0.2, -0.15) is 0 Å². The van der Waals surface area contributed by atoms with Gasteiger partial charge in [0.25, 0.3) is 5.92 Å². The lowest BCUT2D eigenvalue weighted by atomic mass is 10.1. The van der Waals surface area contributed by atoms with E-state index in [2.05, 4.69) is 4.89 Å². The second kappa shape index (κ2) is 3.91. The Balaban J connectivity index is 4.09. The maximum Gasteiger partial charge on any atom is 0.273 e. The molecule has 0 saturated carbocycles. The molecule has 6 heteroatoms. The van der Waals surface area contributed by atoms with E-state index < -0.39 is 24.7 Å². The molecule has 68 valence electrons. The summed E-state index contributed by atoms with van der Waals surface area (Å²) in [5.41, 5.74) is 0. The second-order valence-electron chi connectivity index (χ2n) is 2.23. The van der Waals surface area contributed by atoms with Crippen LogP contribution in [0.4, 0.5) is 8.78 Å². The van der Waals surface area contributed by atoms with Crippen molar-refractivity contribution in [3.05, 3.63) is 0 Å². The van der Waals surface area contributed by atoms with Crippen molar-refractivity contribution < 1.29 is 29.1 Å². The predicted octanol–water partition coefficient (Wildman–Crippen LogP) is -0.147. The third-order valence-corrected chi connectivity index (χ3v) is 1.19. The average molecular weight is 172 g/mol. The summed E-state index contributed by atoms with van der Waals surface area (Å²) in [5, 5.41) is 24.8. The van der Waals surface area contributed by atoms with E-state index in [4.69, 9.17) is 15.5 Å². The van der Waals surface area contributed by atoms with Gasteiger partial charge in [-0.15, -0.1) is 0 Å². The van der Waals surface area contributed by atoms with E-state index in [9.17, 15) is 8.78 Å². The van der Waals surface area contributed by atoms with Gasteiger partial charge in [-0.25, -0.2) is 13.7 Å². The van der Waals surface area contributed by atoms with Crippen LogP contribution >= 0.6 is 0 Å². The molecule has 0 aliphatic carbocycles. The van der Waals surface area contributed by atoms with Gasteiger partial charge in [-0.05, 0) is 0 Å². The van der Waals surface area contributed by atoms with Crippen molar-refractivity contribution in [2.45, 2.75) is 25.1 Å². The van der Waals surface area contributed by atoms with E-state index in [1.165, 1.54) is 0 Å². The summed E-state index contributed by atoms with van der Waals surface area (Å²) in [7, 11) is 0. The number of aliphatic hydroxyl groups excluding tert-OH is 2. The predicted molar refractivity (Wildman–Crippen MR) is 31.2 cm³/mol. The maximum absolute atomic E-state index is 12.2. The molecule has 0 bridgehead atoms. The Labute approximate surface area is 62.0 Å². The smallest absolute Gasteiger partial charge is 0.273 e. The van der Waals surface area contributed by atoms with Crippen LogP contribution in [0.1, 0.15) is 6.92 Å². The Hall–Kier alpha value is -0.300. The normalized spacial score (nSPS) is 18.0. The van der Waals surface area contributed by atoms with Crippen molar-refractivity contribution in [1.29, 1.82) is 0 Å². The lowest BCUT2D eigenvalue weighted by Crippen LogP contribution is -2.43. The maximum atomic E-state index is 12.2. The SMILES string of the molecule is CC(F)(F)C(O)[C@@H](CO)OO.